The molecule has 12 nitrogen and oxygen atoms in total. The van der Waals surface area contributed by atoms with Crippen LogP contribution in [0.1, 0.15) is 12.7 Å². The molecule has 0 aliphatic heterocycles. The van der Waals surface area contributed by atoms with Gasteiger partial charge in [0, 0.05) is 56.7 Å². The highest BCUT2D eigenvalue weighted by Gasteiger charge is 2.16. The lowest BCUT2D eigenvalue weighted by atomic mass is 10.1. The third-order valence-electron chi connectivity index (χ3n) is 7.19. The van der Waals surface area contributed by atoms with E-state index in [2.05, 4.69) is 41.8 Å². The van der Waals surface area contributed by atoms with Crippen molar-refractivity contribution in [3.05, 3.63) is 78.6 Å². The molecule has 1 N–H and O–H groups in total. The van der Waals surface area contributed by atoms with Gasteiger partial charge in [-0.1, -0.05) is 48.5 Å². The maximum absolute atomic E-state index is 11.5. The van der Waals surface area contributed by atoms with Crippen molar-refractivity contribution in [3.8, 4) is 0 Å². The molecular formula is C32H35N11O. The molecule has 0 atom stereocenters. The van der Waals surface area contributed by atoms with Gasteiger partial charge in [-0.25, -0.2) is 0 Å². The Bertz CT molecular complexity index is 1870. The summed E-state index contributed by atoms with van der Waals surface area (Å²) in [6.45, 7) is 4.24. The van der Waals surface area contributed by atoms with Crippen molar-refractivity contribution >= 4 is 62.1 Å². The third-order valence-corrected chi connectivity index (χ3v) is 7.19. The number of carbonyl (C=O) groups is 1. The number of aromatic nitrogens is 3. The Kier molecular flexibility index (Phi) is 9.10. The molecule has 0 fully saturated rings. The van der Waals surface area contributed by atoms with Crippen LogP contribution >= 0.6 is 0 Å². The molecule has 5 rings (SSSR count). The first-order valence-electron chi connectivity index (χ1n) is 14.1. The summed E-state index contributed by atoms with van der Waals surface area (Å²) in [5.41, 5.74) is 3.20. The van der Waals surface area contributed by atoms with Crippen LogP contribution in [0.15, 0.2) is 93.3 Å². The number of nitrogens with zero attached hydrogens (tertiary/aromatic N) is 10. The van der Waals surface area contributed by atoms with E-state index < -0.39 is 0 Å². The van der Waals surface area contributed by atoms with Crippen molar-refractivity contribution in [3.63, 3.8) is 0 Å². The monoisotopic (exact) mass is 589 g/mol. The minimum Gasteiger partial charge on any atom is -0.333 e. The third kappa shape index (κ3) is 6.50. The lowest BCUT2D eigenvalue weighted by Crippen LogP contribution is -2.40. The van der Waals surface area contributed by atoms with Gasteiger partial charge >= 0.3 is 0 Å². The Labute approximate surface area is 256 Å². The number of anilines is 3. The number of hydrogen-bond acceptors (Lipinski definition) is 11. The van der Waals surface area contributed by atoms with E-state index in [0.29, 0.717) is 31.1 Å². The Morgan fingerprint density at radius 2 is 1.23 bits per heavy atom. The molecule has 0 bridgehead atoms. The van der Waals surface area contributed by atoms with E-state index in [4.69, 9.17) is 4.98 Å². The summed E-state index contributed by atoms with van der Waals surface area (Å²) in [5, 5.41) is 24.6. The van der Waals surface area contributed by atoms with Crippen molar-refractivity contribution in [2.45, 2.75) is 13.8 Å². The second kappa shape index (κ2) is 13.3. The molecule has 0 saturated heterocycles. The van der Waals surface area contributed by atoms with Gasteiger partial charge in [0.2, 0.25) is 17.8 Å². The molecular weight excluding hydrogens is 554 g/mol. The second-order valence-electron chi connectivity index (χ2n) is 10.3. The standard InChI is InChI=1S/C32H35N11O/c1-21-35-31(42(5)20-34-19-41(4)22(2)44)37-32(36-21)43(6)30-18-17-29(25-13-9-10-14-26(25)30)40-39-28-16-15-27(38-33-3)23-11-7-8-12-24(23)28/h7-18,34H,19-20H2,1-6H3. The highest BCUT2D eigenvalue weighted by molar-refractivity contribution is 6.02. The molecule has 12 heteroatoms. The topological polar surface area (TPSA) is 127 Å². The van der Waals surface area contributed by atoms with Crippen molar-refractivity contribution in [1.29, 1.82) is 0 Å². The van der Waals surface area contributed by atoms with Gasteiger partial charge in [0.05, 0.1) is 36.1 Å². The maximum Gasteiger partial charge on any atom is 0.234 e. The SMILES string of the molecule is CN=Nc1ccc(N=Nc2ccc(N(C)c3nc(C)nc(N(C)CNCN(C)C(C)=O)n3)c3ccccc23)c2ccccc12. The Balaban J connectivity index is 1.44. The van der Waals surface area contributed by atoms with Gasteiger partial charge in [0.1, 0.15) is 5.82 Å². The van der Waals surface area contributed by atoms with Gasteiger partial charge in [-0.2, -0.15) is 25.2 Å². The fourth-order valence-electron chi connectivity index (χ4n) is 4.75. The van der Waals surface area contributed by atoms with E-state index in [1.54, 1.807) is 19.0 Å². The summed E-state index contributed by atoms with van der Waals surface area (Å²) in [6, 6.07) is 23.8. The maximum atomic E-state index is 11.5. The van der Waals surface area contributed by atoms with Gasteiger partial charge < -0.3 is 14.7 Å². The van der Waals surface area contributed by atoms with Crippen LogP contribution in [0.5, 0.6) is 0 Å². The number of azo groups is 2. The van der Waals surface area contributed by atoms with Crippen LogP contribution < -0.4 is 15.1 Å². The second-order valence-corrected chi connectivity index (χ2v) is 10.3. The fraction of sp³-hybridized carbons (Fsp3) is 0.250. The van der Waals surface area contributed by atoms with Crippen LogP contribution in [0.25, 0.3) is 21.5 Å². The van der Waals surface area contributed by atoms with Gasteiger partial charge in [0.25, 0.3) is 0 Å². The van der Waals surface area contributed by atoms with E-state index >= 15 is 0 Å². The largest absolute Gasteiger partial charge is 0.333 e. The summed E-state index contributed by atoms with van der Waals surface area (Å²) < 4.78 is 0. The predicted molar refractivity (Wildman–Crippen MR) is 175 cm³/mol. The quantitative estimate of drug-likeness (QED) is 0.140. The van der Waals surface area contributed by atoms with Crippen LogP contribution in [0.3, 0.4) is 0 Å². The van der Waals surface area contributed by atoms with Crippen molar-refractivity contribution < 1.29 is 4.79 Å². The molecule has 1 aromatic heterocycles. The minimum absolute atomic E-state index is 0.0117. The Hall–Kier alpha value is -5.36. The van der Waals surface area contributed by atoms with Gasteiger partial charge in [0.15, 0.2) is 0 Å². The zero-order valence-corrected chi connectivity index (χ0v) is 25.7. The number of amides is 1. The van der Waals surface area contributed by atoms with E-state index in [1.165, 1.54) is 6.92 Å². The number of rotatable bonds is 10. The first-order chi connectivity index (χ1) is 21.3. The average Bonchev–Trinajstić information content (AvgIpc) is 3.03. The number of hydrogen-bond donors (Lipinski definition) is 1. The van der Waals surface area contributed by atoms with E-state index in [1.807, 2.05) is 97.5 Å². The highest BCUT2D eigenvalue weighted by Crippen LogP contribution is 2.38. The number of aryl methyl sites for hydroxylation is 1. The molecule has 4 aromatic carbocycles. The Morgan fingerprint density at radius 3 is 1.82 bits per heavy atom. The molecule has 0 aliphatic rings. The first kappa shape index (κ1) is 30.1. The van der Waals surface area contributed by atoms with Crippen LogP contribution in [0.2, 0.25) is 0 Å². The summed E-state index contributed by atoms with van der Waals surface area (Å²) >= 11 is 0. The van der Waals surface area contributed by atoms with Crippen LogP contribution in [-0.2, 0) is 4.79 Å². The van der Waals surface area contributed by atoms with Crippen molar-refractivity contribution in [2.24, 2.45) is 20.5 Å². The van der Waals surface area contributed by atoms with Crippen LogP contribution in [-0.4, -0.2) is 67.3 Å². The zero-order chi connectivity index (χ0) is 31.2. The fourth-order valence-corrected chi connectivity index (χ4v) is 4.75. The number of benzene rings is 4. The Morgan fingerprint density at radius 1 is 0.705 bits per heavy atom. The lowest BCUT2D eigenvalue weighted by molar-refractivity contribution is -0.127. The summed E-state index contributed by atoms with van der Waals surface area (Å²) in [7, 11) is 7.22. The summed E-state index contributed by atoms with van der Waals surface area (Å²) in [6.07, 6.45) is 0. The molecule has 0 spiro atoms. The molecule has 0 saturated carbocycles. The first-order valence-corrected chi connectivity index (χ1v) is 14.1. The van der Waals surface area contributed by atoms with Gasteiger partial charge in [-0.15, -0.1) is 10.2 Å². The molecule has 0 radical (unpaired) electrons. The number of nitrogens with one attached hydrogen (secondary N) is 1. The summed E-state index contributed by atoms with van der Waals surface area (Å²) in [5.74, 6) is 1.61. The molecule has 0 unspecified atom stereocenters. The zero-order valence-electron chi connectivity index (χ0n) is 25.7. The van der Waals surface area contributed by atoms with E-state index in [-0.39, 0.29) is 5.91 Å². The van der Waals surface area contributed by atoms with Crippen molar-refractivity contribution in [1.82, 2.24) is 25.2 Å². The van der Waals surface area contributed by atoms with Crippen LogP contribution in [0, 0.1) is 6.92 Å². The van der Waals surface area contributed by atoms with Crippen LogP contribution in [0.4, 0.5) is 34.6 Å². The minimum atomic E-state index is -0.0117. The highest BCUT2D eigenvalue weighted by atomic mass is 16.2. The molecule has 224 valence electrons. The summed E-state index contributed by atoms with van der Waals surface area (Å²) in [4.78, 5) is 30.8. The van der Waals surface area contributed by atoms with E-state index in [9.17, 15) is 4.79 Å². The molecule has 44 heavy (non-hydrogen) atoms. The molecule has 5 aromatic rings. The average molecular weight is 590 g/mol. The predicted octanol–water partition coefficient (Wildman–Crippen LogP) is 6.80. The lowest BCUT2D eigenvalue weighted by Gasteiger charge is -2.24. The smallest absolute Gasteiger partial charge is 0.234 e. The molecule has 1 heterocycles. The number of fused-ring (bicyclic) bond motifs is 2. The van der Waals surface area contributed by atoms with E-state index in [0.717, 1.165) is 44.3 Å². The van der Waals surface area contributed by atoms with Crippen molar-refractivity contribution in [2.75, 3.05) is 51.3 Å². The molecule has 1 amide bonds. The normalized spacial score (nSPS) is 11.6. The van der Waals surface area contributed by atoms with Gasteiger partial charge in [-0.05, 0) is 31.2 Å². The van der Waals surface area contributed by atoms with Gasteiger partial charge in [-0.3, -0.25) is 10.1 Å². The number of carbonyl (C=O) groups excluding carboxylic acids is 1. The molecule has 0 aliphatic carbocycles.